The third kappa shape index (κ3) is 4.37. The van der Waals surface area contributed by atoms with E-state index in [1.54, 1.807) is 0 Å². The van der Waals surface area contributed by atoms with E-state index in [1.807, 2.05) is 54.3 Å². The minimum absolute atomic E-state index is 0.0196. The average molecular weight is 442 g/mol. The number of nitrogens with one attached hydrogen (secondary N) is 1. The Morgan fingerprint density at radius 2 is 1.79 bits per heavy atom. The van der Waals surface area contributed by atoms with Gasteiger partial charge in [-0.1, -0.05) is 67.8 Å². The van der Waals surface area contributed by atoms with Crippen molar-refractivity contribution in [2.75, 3.05) is 0 Å². The van der Waals surface area contributed by atoms with E-state index in [2.05, 4.69) is 17.4 Å². The Bertz CT molecular complexity index is 1170. The van der Waals surface area contributed by atoms with Crippen molar-refractivity contribution in [2.24, 2.45) is 0 Å². The van der Waals surface area contributed by atoms with E-state index in [4.69, 9.17) is 4.98 Å². The summed E-state index contributed by atoms with van der Waals surface area (Å²) >= 11 is 0. The van der Waals surface area contributed by atoms with E-state index in [0.29, 0.717) is 23.3 Å². The molecule has 1 N–H and O–H groups in total. The van der Waals surface area contributed by atoms with E-state index in [-0.39, 0.29) is 23.9 Å². The SMILES string of the molecule is CC(CCc1ccccc1)NC(=O)c1c2c(nc3ccccc13)C(=O)N(C1CCCCC1)C2. The van der Waals surface area contributed by atoms with Crippen LogP contribution in [0.25, 0.3) is 10.9 Å². The third-order valence-corrected chi connectivity index (χ3v) is 7.11. The van der Waals surface area contributed by atoms with Crippen LogP contribution in [-0.4, -0.2) is 33.8 Å². The smallest absolute Gasteiger partial charge is 0.273 e. The van der Waals surface area contributed by atoms with Gasteiger partial charge in [0, 0.05) is 29.6 Å². The lowest BCUT2D eigenvalue weighted by Crippen LogP contribution is -2.37. The Morgan fingerprint density at radius 3 is 2.58 bits per heavy atom. The molecule has 0 saturated heterocycles. The van der Waals surface area contributed by atoms with Crippen molar-refractivity contribution in [3.63, 3.8) is 0 Å². The highest BCUT2D eigenvalue weighted by molar-refractivity contribution is 6.11. The van der Waals surface area contributed by atoms with Gasteiger partial charge in [-0.2, -0.15) is 0 Å². The maximum atomic E-state index is 13.6. The molecule has 1 unspecified atom stereocenters. The molecule has 1 aromatic heterocycles. The second-order valence-corrected chi connectivity index (χ2v) is 9.45. The van der Waals surface area contributed by atoms with Crippen molar-refractivity contribution >= 4 is 22.7 Å². The molecule has 170 valence electrons. The van der Waals surface area contributed by atoms with Crippen LogP contribution in [0.1, 0.15) is 77.4 Å². The van der Waals surface area contributed by atoms with Gasteiger partial charge in [-0.05, 0) is 44.2 Å². The maximum Gasteiger partial charge on any atom is 0.273 e. The van der Waals surface area contributed by atoms with Crippen LogP contribution < -0.4 is 5.32 Å². The number of nitrogens with zero attached hydrogens (tertiary/aromatic N) is 2. The lowest BCUT2D eigenvalue weighted by molar-refractivity contribution is 0.0655. The van der Waals surface area contributed by atoms with Crippen molar-refractivity contribution in [2.45, 2.75) is 70.5 Å². The van der Waals surface area contributed by atoms with Gasteiger partial charge in [0.2, 0.25) is 0 Å². The molecule has 5 rings (SSSR count). The number of benzene rings is 2. The maximum absolute atomic E-state index is 13.6. The largest absolute Gasteiger partial charge is 0.350 e. The predicted octanol–water partition coefficient (Wildman–Crippen LogP) is 5.27. The lowest BCUT2D eigenvalue weighted by Gasteiger charge is -2.30. The van der Waals surface area contributed by atoms with Crippen molar-refractivity contribution in [1.29, 1.82) is 0 Å². The Labute approximate surface area is 195 Å². The van der Waals surface area contributed by atoms with Crippen LogP contribution in [0.2, 0.25) is 0 Å². The molecule has 1 atom stereocenters. The van der Waals surface area contributed by atoms with Crippen LogP contribution in [0.15, 0.2) is 54.6 Å². The molecule has 2 aliphatic rings. The fourth-order valence-electron chi connectivity index (χ4n) is 5.30. The van der Waals surface area contributed by atoms with E-state index in [9.17, 15) is 9.59 Å². The van der Waals surface area contributed by atoms with Gasteiger partial charge in [0.15, 0.2) is 0 Å². The van der Waals surface area contributed by atoms with E-state index in [1.165, 1.54) is 12.0 Å². The fraction of sp³-hybridized carbons (Fsp3) is 0.393. The highest BCUT2D eigenvalue weighted by atomic mass is 16.2. The van der Waals surface area contributed by atoms with E-state index < -0.39 is 0 Å². The van der Waals surface area contributed by atoms with Crippen LogP contribution in [0, 0.1) is 0 Å². The Kier molecular flexibility index (Phi) is 6.12. The minimum Gasteiger partial charge on any atom is -0.350 e. The molecule has 3 aromatic rings. The summed E-state index contributed by atoms with van der Waals surface area (Å²) in [6, 6.07) is 18.3. The van der Waals surface area contributed by atoms with Crippen molar-refractivity contribution in [3.05, 3.63) is 77.0 Å². The number of hydrogen-bond donors (Lipinski definition) is 1. The normalized spacial score (nSPS) is 17.2. The summed E-state index contributed by atoms with van der Waals surface area (Å²) in [5, 5.41) is 4.02. The van der Waals surface area contributed by atoms with E-state index >= 15 is 0 Å². The lowest BCUT2D eigenvalue weighted by atomic mass is 9.94. The van der Waals surface area contributed by atoms with Gasteiger partial charge in [0.1, 0.15) is 5.69 Å². The van der Waals surface area contributed by atoms with E-state index in [0.717, 1.165) is 49.5 Å². The van der Waals surface area contributed by atoms with Crippen molar-refractivity contribution in [3.8, 4) is 0 Å². The Balaban J connectivity index is 1.42. The standard InChI is InChI=1S/C28H31N3O2/c1-19(16-17-20-10-4-2-5-11-20)29-27(32)25-22-14-8-9-15-24(22)30-26-23(25)18-31(28(26)33)21-12-6-3-7-13-21/h2,4-5,8-11,14-15,19,21H,3,6-7,12-13,16-18H2,1H3,(H,29,32). The van der Waals surface area contributed by atoms with Crippen molar-refractivity contribution < 1.29 is 9.59 Å². The van der Waals surface area contributed by atoms with Crippen LogP contribution in [0.4, 0.5) is 0 Å². The van der Waals surface area contributed by atoms with Gasteiger partial charge in [-0.25, -0.2) is 4.98 Å². The Morgan fingerprint density at radius 1 is 1.06 bits per heavy atom. The summed E-state index contributed by atoms with van der Waals surface area (Å²) in [6.07, 6.45) is 7.40. The third-order valence-electron chi connectivity index (χ3n) is 7.11. The van der Waals surface area contributed by atoms with Crippen LogP contribution >= 0.6 is 0 Å². The first kappa shape index (κ1) is 21.6. The topological polar surface area (TPSA) is 62.3 Å². The number of rotatable bonds is 6. The zero-order valence-corrected chi connectivity index (χ0v) is 19.2. The zero-order valence-electron chi connectivity index (χ0n) is 19.2. The first-order valence-electron chi connectivity index (χ1n) is 12.2. The van der Waals surface area contributed by atoms with Gasteiger partial charge in [0.05, 0.1) is 11.1 Å². The number of pyridine rings is 1. The molecule has 33 heavy (non-hydrogen) atoms. The number of carbonyl (C=O) groups excluding carboxylic acids is 2. The molecule has 5 heteroatoms. The number of aryl methyl sites for hydroxylation is 1. The molecular formula is C28H31N3O2. The summed E-state index contributed by atoms with van der Waals surface area (Å²) < 4.78 is 0. The zero-order chi connectivity index (χ0) is 22.8. The highest BCUT2D eigenvalue weighted by Gasteiger charge is 2.38. The second kappa shape index (κ2) is 9.34. The molecule has 1 saturated carbocycles. The Hall–Kier alpha value is -3.21. The molecule has 1 aliphatic heterocycles. The molecule has 2 aromatic carbocycles. The molecule has 0 spiro atoms. The van der Waals surface area contributed by atoms with Gasteiger partial charge >= 0.3 is 0 Å². The van der Waals surface area contributed by atoms with Gasteiger partial charge in [-0.15, -0.1) is 0 Å². The molecule has 1 fully saturated rings. The molecule has 0 radical (unpaired) electrons. The van der Waals surface area contributed by atoms with Crippen LogP contribution in [0.5, 0.6) is 0 Å². The monoisotopic (exact) mass is 441 g/mol. The first-order chi connectivity index (χ1) is 16.1. The molecule has 0 bridgehead atoms. The number of hydrogen-bond acceptors (Lipinski definition) is 3. The predicted molar refractivity (Wildman–Crippen MR) is 130 cm³/mol. The number of amides is 2. The van der Waals surface area contributed by atoms with Gasteiger partial charge in [-0.3, -0.25) is 9.59 Å². The molecule has 2 amide bonds. The summed E-state index contributed by atoms with van der Waals surface area (Å²) in [4.78, 5) is 33.6. The summed E-state index contributed by atoms with van der Waals surface area (Å²) in [5.41, 5.74) is 3.84. The molecule has 1 aliphatic carbocycles. The summed E-state index contributed by atoms with van der Waals surface area (Å²) in [6.45, 7) is 2.53. The fourth-order valence-corrected chi connectivity index (χ4v) is 5.30. The number of aromatic nitrogens is 1. The summed E-state index contributed by atoms with van der Waals surface area (Å²) in [7, 11) is 0. The quantitative estimate of drug-likeness (QED) is 0.566. The molecule has 5 nitrogen and oxygen atoms in total. The highest BCUT2D eigenvalue weighted by Crippen LogP contribution is 2.34. The van der Waals surface area contributed by atoms with Crippen molar-refractivity contribution in [1.82, 2.24) is 15.2 Å². The summed E-state index contributed by atoms with van der Waals surface area (Å²) in [5.74, 6) is -0.127. The average Bonchev–Trinajstić information content (AvgIpc) is 3.18. The first-order valence-corrected chi connectivity index (χ1v) is 12.2. The number of fused-ring (bicyclic) bond motifs is 2. The number of carbonyl (C=O) groups is 2. The van der Waals surface area contributed by atoms with Gasteiger partial charge < -0.3 is 10.2 Å². The minimum atomic E-state index is -0.108. The van der Waals surface area contributed by atoms with Gasteiger partial charge in [0.25, 0.3) is 11.8 Å². The molecule has 2 heterocycles. The second-order valence-electron chi connectivity index (χ2n) is 9.45. The van der Waals surface area contributed by atoms with Crippen LogP contribution in [0.3, 0.4) is 0 Å². The van der Waals surface area contributed by atoms with Crippen LogP contribution in [-0.2, 0) is 13.0 Å². The number of para-hydroxylation sites is 1. The molecular weight excluding hydrogens is 410 g/mol.